The second-order valence-corrected chi connectivity index (χ2v) is 7.70. The second kappa shape index (κ2) is 9.72. The lowest BCUT2D eigenvalue weighted by molar-refractivity contribution is 0.0659. The summed E-state index contributed by atoms with van der Waals surface area (Å²) < 4.78 is 14.7. The van der Waals surface area contributed by atoms with Crippen molar-refractivity contribution in [3.05, 3.63) is 71.7 Å². The molecule has 0 atom stereocenters. The van der Waals surface area contributed by atoms with Crippen molar-refractivity contribution < 1.29 is 19.2 Å². The van der Waals surface area contributed by atoms with Crippen molar-refractivity contribution in [2.24, 2.45) is 0 Å². The van der Waals surface area contributed by atoms with E-state index in [0.29, 0.717) is 30.0 Å². The van der Waals surface area contributed by atoms with Gasteiger partial charge in [-0.1, -0.05) is 12.1 Å². The summed E-state index contributed by atoms with van der Waals surface area (Å²) in [6.07, 6.45) is 1.56. The number of benzene rings is 2. The number of hydrogen-bond acceptors (Lipinski definition) is 7. The monoisotopic (exact) mass is 450 g/mol. The van der Waals surface area contributed by atoms with E-state index in [1.54, 1.807) is 53.0 Å². The van der Waals surface area contributed by atoms with Crippen LogP contribution in [0.1, 0.15) is 20.7 Å². The molecular formula is C23H23FN6O3. The van der Waals surface area contributed by atoms with Gasteiger partial charge in [-0.2, -0.15) is 0 Å². The number of anilines is 2. The number of halogens is 1. The first-order valence-electron chi connectivity index (χ1n) is 10.4. The fourth-order valence-electron chi connectivity index (χ4n) is 3.51. The summed E-state index contributed by atoms with van der Waals surface area (Å²) in [5, 5.41) is 11.7. The maximum Gasteiger partial charge on any atom is 0.274 e. The van der Waals surface area contributed by atoms with Gasteiger partial charge in [0, 0.05) is 49.2 Å². The Bertz CT molecular complexity index is 1160. The quantitative estimate of drug-likeness (QED) is 0.405. The van der Waals surface area contributed by atoms with E-state index >= 15 is 0 Å². The van der Waals surface area contributed by atoms with Gasteiger partial charge in [0.15, 0.2) is 0 Å². The summed E-state index contributed by atoms with van der Waals surface area (Å²) in [4.78, 5) is 36.5. The normalized spacial score (nSPS) is 14.1. The fraction of sp³-hybridized carbons (Fsp3) is 0.217. The molecular weight excluding hydrogens is 427 g/mol. The lowest BCUT2D eigenvalue weighted by Gasteiger charge is -2.32. The van der Waals surface area contributed by atoms with Gasteiger partial charge in [0.05, 0.1) is 11.3 Å². The summed E-state index contributed by atoms with van der Waals surface area (Å²) >= 11 is 0. The Balaban J connectivity index is 1.47. The summed E-state index contributed by atoms with van der Waals surface area (Å²) in [6, 6.07) is 12.5. The van der Waals surface area contributed by atoms with Crippen LogP contribution in [0.2, 0.25) is 0 Å². The van der Waals surface area contributed by atoms with Crippen molar-refractivity contribution >= 4 is 23.5 Å². The molecule has 1 fully saturated rings. The number of nitrogens with one attached hydrogen (secondary N) is 2. The third-order valence-corrected chi connectivity index (χ3v) is 5.45. The van der Waals surface area contributed by atoms with Crippen LogP contribution in [0.3, 0.4) is 0 Å². The number of nitrogens with zero attached hydrogens (tertiary/aromatic N) is 4. The molecule has 3 aromatic rings. The Morgan fingerprint density at radius 2 is 1.76 bits per heavy atom. The second-order valence-electron chi connectivity index (χ2n) is 7.70. The molecule has 2 heterocycles. The molecule has 9 nitrogen and oxygen atoms in total. The van der Waals surface area contributed by atoms with E-state index in [4.69, 9.17) is 5.21 Å². The highest BCUT2D eigenvalue weighted by Crippen LogP contribution is 2.22. The highest BCUT2D eigenvalue weighted by molar-refractivity contribution is 5.95. The van der Waals surface area contributed by atoms with E-state index in [1.807, 2.05) is 7.05 Å². The van der Waals surface area contributed by atoms with Crippen LogP contribution in [-0.4, -0.2) is 70.0 Å². The van der Waals surface area contributed by atoms with Gasteiger partial charge in [-0.3, -0.25) is 14.8 Å². The van der Waals surface area contributed by atoms with Gasteiger partial charge in [-0.25, -0.2) is 19.8 Å². The molecule has 2 amide bonds. The molecule has 0 aliphatic carbocycles. The van der Waals surface area contributed by atoms with Gasteiger partial charge in [-0.15, -0.1) is 0 Å². The number of hydroxylamine groups is 1. The predicted octanol–water partition coefficient (Wildman–Crippen LogP) is 2.53. The third-order valence-electron chi connectivity index (χ3n) is 5.45. The number of piperazine rings is 1. The number of hydrogen-bond donors (Lipinski definition) is 3. The van der Waals surface area contributed by atoms with Crippen LogP contribution in [0.25, 0.3) is 11.3 Å². The number of amides is 2. The highest BCUT2D eigenvalue weighted by atomic mass is 19.1. The summed E-state index contributed by atoms with van der Waals surface area (Å²) in [6.45, 7) is 2.66. The van der Waals surface area contributed by atoms with Crippen LogP contribution in [0.15, 0.2) is 54.7 Å². The van der Waals surface area contributed by atoms with Gasteiger partial charge in [0.1, 0.15) is 5.82 Å². The standard InChI is InChI=1S/C23H23FN6O3/c1-29-10-12-30(13-11-29)22(32)18-7-6-17(14-19(18)24)26-23-25-9-8-20(27-23)15-2-4-16(5-3-15)21(31)28-33/h2-9,14,33H,10-13H2,1H3,(H,28,31)(H,25,26,27). The molecule has 1 aliphatic heterocycles. The SMILES string of the molecule is CN1CCN(C(=O)c2ccc(Nc3nccc(-c4ccc(C(=O)NO)cc4)n3)cc2F)CC1. The molecule has 0 spiro atoms. The maximum absolute atomic E-state index is 14.7. The Morgan fingerprint density at radius 3 is 2.42 bits per heavy atom. The molecule has 1 aromatic heterocycles. The first-order chi connectivity index (χ1) is 15.9. The predicted molar refractivity (Wildman–Crippen MR) is 120 cm³/mol. The van der Waals surface area contributed by atoms with E-state index in [2.05, 4.69) is 20.2 Å². The zero-order valence-electron chi connectivity index (χ0n) is 18.0. The minimum atomic E-state index is -0.613. The Labute approximate surface area is 189 Å². The lowest BCUT2D eigenvalue weighted by Crippen LogP contribution is -2.47. The van der Waals surface area contributed by atoms with Crippen LogP contribution < -0.4 is 10.8 Å². The van der Waals surface area contributed by atoms with Crippen LogP contribution >= 0.6 is 0 Å². The average Bonchev–Trinajstić information content (AvgIpc) is 2.84. The van der Waals surface area contributed by atoms with Gasteiger partial charge < -0.3 is 15.1 Å². The van der Waals surface area contributed by atoms with Crippen LogP contribution in [0, 0.1) is 5.82 Å². The molecule has 0 bridgehead atoms. The minimum absolute atomic E-state index is 0.0341. The van der Waals surface area contributed by atoms with Crippen molar-refractivity contribution in [1.29, 1.82) is 0 Å². The molecule has 0 unspecified atom stereocenters. The molecule has 3 N–H and O–H groups in total. The van der Waals surface area contributed by atoms with Gasteiger partial charge in [-0.05, 0) is 43.4 Å². The number of carbonyl (C=O) groups excluding carboxylic acids is 2. The van der Waals surface area contributed by atoms with E-state index in [0.717, 1.165) is 18.7 Å². The van der Waals surface area contributed by atoms with Crippen molar-refractivity contribution in [3.8, 4) is 11.3 Å². The topological polar surface area (TPSA) is 111 Å². The molecule has 0 radical (unpaired) electrons. The molecule has 170 valence electrons. The van der Waals surface area contributed by atoms with Crippen LogP contribution in [-0.2, 0) is 0 Å². The molecule has 2 aromatic carbocycles. The van der Waals surface area contributed by atoms with Crippen molar-refractivity contribution in [1.82, 2.24) is 25.2 Å². The van der Waals surface area contributed by atoms with E-state index in [9.17, 15) is 14.0 Å². The first kappa shape index (κ1) is 22.3. The number of rotatable bonds is 5. The first-order valence-corrected chi connectivity index (χ1v) is 10.4. The maximum atomic E-state index is 14.7. The van der Waals surface area contributed by atoms with E-state index in [1.165, 1.54) is 12.1 Å². The zero-order valence-corrected chi connectivity index (χ0v) is 18.0. The summed E-state index contributed by atoms with van der Waals surface area (Å²) in [5.41, 5.74) is 3.65. The van der Waals surface area contributed by atoms with E-state index in [-0.39, 0.29) is 17.4 Å². The molecule has 0 saturated carbocycles. The molecule has 1 aliphatic rings. The largest absolute Gasteiger partial charge is 0.336 e. The molecule has 10 heteroatoms. The van der Waals surface area contributed by atoms with E-state index < -0.39 is 11.7 Å². The average molecular weight is 450 g/mol. The lowest BCUT2D eigenvalue weighted by atomic mass is 10.1. The Hall–Kier alpha value is -3.89. The number of carbonyl (C=O) groups is 2. The number of aromatic nitrogens is 2. The van der Waals surface area contributed by atoms with Gasteiger partial charge >= 0.3 is 0 Å². The minimum Gasteiger partial charge on any atom is -0.336 e. The summed E-state index contributed by atoms with van der Waals surface area (Å²) in [7, 11) is 1.99. The molecule has 4 rings (SSSR count). The van der Waals surface area contributed by atoms with Crippen molar-refractivity contribution in [3.63, 3.8) is 0 Å². The fourth-order valence-corrected chi connectivity index (χ4v) is 3.51. The Kier molecular flexibility index (Phi) is 6.57. The van der Waals surface area contributed by atoms with Crippen LogP contribution in [0.5, 0.6) is 0 Å². The van der Waals surface area contributed by atoms with Crippen LogP contribution in [0.4, 0.5) is 16.0 Å². The van der Waals surface area contributed by atoms with Gasteiger partial charge in [0.2, 0.25) is 5.95 Å². The number of likely N-dealkylation sites (N-methyl/N-ethyl adjacent to an activating group) is 1. The highest BCUT2D eigenvalue weighted by Gasteiger charge is 2.23. The third kappa shape index (κ3) is 5.13. The Morgan fingerprint density at radius 1 is 1.03 bits per heavy atom. The smallest absolute Gasteiger partial charge is 0.274 e. The molecule has 1 saturated heterocycles. The van der Waals surface area contributed by atoms with Gasteiger partial charge in [0.25, 0.3) is 11.8 Å². The summed E-state index contributed by atoms with van der Waals surface area (Å²) in [5.74, 6) is -1.29. The van der Waals surface area contributed by atoms with Crippen molar-refractivity contribution in [2.45, 2.75) is 0 Å². The molecule has 33 heavy (non-hydrogen) atoms. The zero-order chi connectivity index (χ0) is 23.4. The van der Waals surface area contributed by atoms with Crippen molar-refractivity contribution in [2.75, 3.05) is 38.5 Å².